The van der Waals surface area contributed by atoms with E-state index in [0.717, 1.165) is 0 Å². The molecule has 14 heavy (non-hydrogen) atoms. The van der Waals surface area contributed by atoms with Gasteiger partial charge in [-0.2, -0.15) is 0 Å². The highest BCUT2D eigenvalue weighted by atomic mass is 79.9. The van der Waals surface area contributed by atoms with Gasteiger partial charge in [-0.15, -0.1) is 17.0 Å². The summed E-state index contributed by atoms with van der Waals surface area (Å²) in [6, 6.07) is 6.29. The molecule has 1 rings (SSSR count). The van der Waals surface area contributed by atoms with Crippen LogP contribution in [-0.2, 0) is 0 Å². The van der Waals surface area contributed by atoms with Crippen molar-refractivity contribution < 1.29 is 9.90 Å². The van der Waals surface area contributed by atoms with Crippen LogP contribution in [0.5, 0.6) is 5.75 Å². The topological polar surface area (TPSA) is 40.5 Å². The number of aromatic hydroxyl groups is 1. The number of carbonyl (C=O) groups excluding carboxylic acids is 1. The molecule has 0 spiro atoms. The van der Waals surface area contributed by atoms with Crippen molar-refractivity contribution >= 4 is 22.8 Å². The lowest BCUT2D eigenvalue weighted by Crippen LogP contribution is -2.21. The highest BCUT2D eigenvalue weighted by Gasteiger charge is 2.05. The summed E-state index contributed by atoms with van der Waals surface area (Å²) in [5.41, 5.74) is 0.631. The van der Waals surface area contributed by atoms with Crippen molar-refractivity contribution in [3.05, 3.63) is 29.8 Å². The standard InChI is InChI=1S/C10H13NO2.BrH/c1-11(2)7-10(13)8-3-5-9(12)6-4-8;/h3-6,12H,7H2,1-2H3;1H. The molecule has 0 fully saturated rings. The van der Waals surface area contributed by atoms with Crippen molar-refractivity contribution in [1.82, 2.24) is 4.90 Å². The van der Waals surface area contributed by atoms with Gasteiger partial charge in [-0.3, -0.25) is 4.79 Å². The number of likely N-dealkylation sites (N-methyl/N-ethyl adjacent to an activating group) is 1. The van der Waals surface area contributed by atoms with Crippen LogP contribution in [0, 0.1) is 0 Å². The maximum atomic E-state index is 11.4. The molecule has 0 radical (unpaired) electrons. The monoisotopic (exact) mass is 259 g/mol. The number of phenols is 1. The van der Waals surface area contributed by atoms with Crippen LogP contribution in [0.4, 0.5) is 0 Å². The van der Waals surface area contributed by atoms with Gasteiger partial charge in [0, 0.05) is 5.56 Å². The molecule has 0 aromatic heterocycles. The van der Waals surface area contributed by atoms with Crippen molar-refractivity contribution in [3.63, 3.8) is 0 Å². The maximum absolute atomic E-state index is 11.4. The molecule has 0 amide bonds. The largest absolute Gasteiger partial charge is 0.508 e. The Balaban J connectivity index is 0.00000169. The van der Waals surface area contributed by atoms with Gasteiger partial charge in [0.25, 0.3) is 0 Å². The highest BCUT2D eigenvalue weighted by molar-refractivity contribution is 8.93. The lowest BCUT2D eigenvalue weighted by atomic mass is 10.1. The number of hydrogen-bond acceptors (Lipinski definition) is 3. The zero-order valence-electron chi connectivity index (χ0n) is 8.23. The second-order valence-electron chi connectivity index (χ2n) is 3.21. The van der Waals surface area contributed by atoms with Crippen molar-refractivity contribution in [2.24, 2.45) is 0 Å². The first-order chi connectivity index (χ1) is 6.09. The van der Waals surface area contributed by atoms with E-state index in [0.29, 0.717) is 12.1 Å². The second-order valence-corrected chi connectivity index (χ2v) is 3.21. The molecular weight excluding hydrogens is 246 g/mol. The minimum absolute atomic E-state index is 0. The number of halogens is 1. The average Bonchev–Trinajstić information content (AvgIpc) is 2.04. The second kappa shape index (κ2) is 5.78. The van der Waals surface area contributed by atoms with Crippen LogP contribution in [0.15, 0.2) is 24.3 Å². The van der Waals surface area contributed by atoms with E-state index < -0.39 is 0 Å². The first-order valence-electron chi connectivity index (χ1n) is 4.06. The summed E-state index contributed by atoms with van der Waals surface area (Å²) in [4.78, 5) is 13.3. The number of phenolic OH excluding ortho intramolecular Hbond substituents is 1. The third-order valence-electron chi connectivity index (χ3n) is 1.65. The molecule has 78 valence electrons. The number of carbonyl (C=O) groups is 1. The van der Waals surface area contributed by atoms with Crippen molar-refractivity contribution in [1.29, 1.82) is 0 Å². The molecule has 3 nitrogen and oxygen atoms in total. The first kappa shape index (κ1) is 13.1. The molecule has 0 aliphatic heterocycles. The van der Waals surface area contributed by atoms with E-state index in [-0.39, 0.29) is 28.5 Å². The van der Waals surface area contributed by atoms with E-state index in [4.69, 9.17) is 5.11 Å². The highest BCUT2D eigenvalue weighted by Crippen LogP contribution is 2.10. The zero-order valence-corrected chi connectivity index (χ0v) is 9.94. The Morgan fingerprint density at radius 1 is 1.29 bits per heavy atom. The van der Waals surface area contributed by atoms with E-state index >= 15 is 0 Å². The maximum Gasteiger partial charge on any atom is 0.176 e. The normalized spacial score (nSPS) is 9.64. The predicted molar refractivity (Wildman–Crippen MR) is 61.3 cm³/mol. The van der Waals surface area contributed by atoms with Gasteiger partial charge in [0.05, 0.1) is 6.54 Å². The van der Waals surface area contributed by atoms with E-state index in [1.54, 1.807) is 12.1 Å². The molecule has 0 saturated carbocycles. The molecule has 0 aliphatic carbocycles. The number of nitrogens with zero attached hydrogens (tertiary/aromatic N) is 1. The minimum Gasteiger partial charge on any atom is -0.508 e. The Morgan fingerprint density at radius 2 is 1.79 bits per heavy atom. The van der Waals surface area contributed by atoms with E-state index in [9.17, 15) is 4.79 Å². The smallest absolute Gasteiger partial charge is 0.176 e. The third-order valence-corrected chi connectivity index (χ3v) is 1.65. The van der Waals surface area contributed by atoms with Crippen molar-refractivity contribution in [3.8, 4) is 5.75 Å². The van der Waals surface area contributed by atoms with Gasteiger partial charge in [-0.1, -0.05) is 0 Å². The van der Waals surface area contributed by atoms with Gasteiger partial charge in [0.2, 0.25) is 0 Å². The Bertz CT molecular complexity index is 295. The summed E-state index contributed by atoms with van der Waals surface area (Å²) < 4.78 is 0. The summed E-state index contributed by atoms with van der Waals surface area (Å²) in [6.45, 7) is 0.394. The molecule has 0 atom stereocenters. The molecule has 0 saturated heterocycles. The fourth-order valence-corrected chi connectivity index (χ4v) is 1.03. The van der Waals surface area contributed by atoms with Crippen molar-refractivity contribution in [2.75, 3.05) is 20.6 Å². The van der Waals surface area contributed by atoms with Crippen LogP contribution < -0.4 is 0 Å². The Kier molecular flexibility index (Phi) is 5.42. The van der Waals surface area contributed by atoms with Gasteiger partial charge >= 0.3 is 0 Å². The molecule has 0 bridgehead atoms. The number of Topliss-reactive ketones (excluding diaryl/α,β-unsaturated/α-hetero) is 1. The quantitative estimate of drug-likeness (QED) is 0.841. The summed E-state index contributed by atoms with van der Waals surface area (Å²) in [7, 11) is 3.69. The van der Waals surface area contributed by atoms with E-state index in [1.165, 1.54) is 12.1 Å². The van der Waals surface area contributed by atoms with Gasteiger partial charge in [-0.05, 0) is 38.4 Å². The fraction of sp³-hybridized carbons (Fsp3) is 0.300. The Labute approximate surface area is 94.1 Å². The molecule has 1 N–H and O–H groups in total. The summed E-state index contributed by atoms with van der Waals surface area (Å²) in [5, 5.41) is 9.00. The fourth-order valence-electron chi connectivity index (χ4n) is 1.03. The predicted octanol–water partition coefficient (Wildman–Crippen LogP) is 1.71. The van der Waals surface area contributed by atoms with Gasteiger partial charge in [0.15, 0.2) is 5.78 Å². The average molecular weight is 260 g/mol. The van der Waals surface area contributed by atoms with Crippen LogP contribution in [0.3, 0.4) is 0 Å². The lowest BCUT2D eigenvalue weighted by molar-refractivity contribution is 0.0958. The van der Waals surface area contributed by atoms with Crippen LogP contribution >= 0.6 is 17.0 Å². The van der Waals surface area contributed by atoms with E-state index in [2.05, 4.69) is 0 Å². The third kappa shape index (κ3) is 3.89. The molecule has 1 aromatic carbocycles. The van der Waals surface area contributed by atoms with Crippen LogP contribution in [-0.4, -0.2) is 36.4 Å². The molecule has 0 aliphatic rings. The number of hydrogen-bond donors (Lipinski definition) is 1. The molecule has 0 heterocycles. The van der Waals surface area contributed by atoms with E-state index in [1.807, 2.05) is 19.0 Å². The van der Waals surface area contributed by atoms with Crippen LogP contribution in [0.25, 0.3) is 0 Å². The molecule has 0 unspecified atom stereocenters. The Morgan fingerprint density at radius 3 is 2.21 bits per heavy atom. The van der Waals surface area contributed by atoms with Crippen LogP contribution in [0.2, 0.25) is 0 Å². The number of rotatable bonds is 3. The zero-order chi connectivity index (χ0) is 9.84. The van der Waals surface area contributed by atoms with Crippen LogP contribution in [0.1, 0.15) is 10.4 Å². The summed E-state index contributed by atoms with van der Waals surface area (Å²) in [6.07, 6.45) is 0. The minimum atomic E-state index is 0. The first-order valence-corrected chi connectivity index (χ1v) is 4.06. The van der Waals surface area contributed by atoms with Crippen molar-refractivity contribution in [2.45, 2.75) is 0 Å². The van der Waals surface area contributed by atoms with Gasteiger partial charge in [-0.25, -0.2) is 0 Å². The number of ketones is 1. The summed E-state index contributed by atoms with van der Waals surface area (Å²) in [5.74, 6) is 0.242. The van der Waals surface area contributed by atoms with Gasteiger partial charge in [0.1, 0.15) is 5.75 Å². The summed E-state index contributed by atoms with van der Waals surface area (Å²) >= 11 is 0. The van der Waals surface area contributed by atoms with Gasteiger partial charge < -0.3 is 10.0 Å². The lowest BCUT2D eigenvalue weighted by Gasteiger charge is -2.07. The SMILES string of the molecule is Br.CN(C)CC(=O)c1ccc(O)cc1. The molecular formula is C10H14BrNO2. The number of benzene rings is 1. The molecule has 1 aromatic rings. The Hall–Kier alpha value is -0.870. The molecule has 4 heteroatoms.